The molecule has 2 aromatic carbocycles. The van der Waals surface area contributed by atoms with Gasteiger partial charge in [0.2, 0.25) is 0 Å². The third-order valence-electron chi connectivity index (χ3n) is 6.93. The van der Waals surface area contributed by atoms with Gasteiger partial charge in [0.1, 0.15) is 4.21 Å². The van der Waals surface area contributed by atoms with E-state index < -0.39 is 15.0 Å². The Bertz CT molecular complexity index is 795. The largest absolute Gasteiger partial charge is 0.252 e. The maximum absolute atomic E-state index is 13.5. The van der Waals surface area contributed by atoms with Gasteiger partial charge >= 0.3 is 0 Å². The first-order chi connectivity index (χ1) is 13.1. The van der Waals surface area contributed by atoms with Gasteiger partial charge in [-0.15, -0.1) is 11.6 Å². The highest BCUT2D eigenvalue weighted by molar-refractivity contribution is 7.88. The number of alkyl halides is 1. The van der Waals surface area contributed by atoms with Crippen LogP contribution in [0.5, 0.6) is 0 Å². The summed E-state index contributed by atoms with van der Waals surface area (Å²) in [6.45, 7) is 2.06. The zero-order chi connectivity index (χ0) is 18.9. The van der Waals surface area contributed by atoms with E-state index in [1.54, 1.807) is 0 Å². The third kappa shape index (κ3) is 3.40. The number of hydrogen-bond acceptors (Lipinski definition) is 1. The van der Waals surface area contributed by atoms with E-state index in [2.05, 4.69) is 37.3 Å². The minimum Gasteiger partial charge on any atom is -0.252 e. The van der Waals surface area contributed by atoms with E-state index in [4.69, 9.17) is 11.6 Å². The van der Waals surface area contributed by atoms with Gasteiger partial charge in [0.05, 0.1) is 10.8 Å². The third-order valence-corrected chi connectivity index (χ3v) is 9.75. The molecule has 1 spiro atoms. The SMILES string of the molecule is Cc1ccc(S(=O)C2(Cl)C[C@H](CCc3ccccc3)C23CCCCC3)cc1. The fourth-order valence-electron chi connectivity index (χ4n) is 5.33. The van der Waals surface area contributed by atoms with E-state index in [9.17, 15) is 4.21 Å². The Hall–Kier alpha value is -1.12. The van der Waals surface area contributed by atoms with Crippen LogP contribution in [0.1, 0.15) is 56.1 Å². The van der Waals surface area contributed by atoms with Crippen molar-refractivity contribution < 1.29 is 4.21 Å². The summed E-state index contributed by atoms with van der Waals surface area (Å²) >= 11 is 7.24. The second-order valence-electron chi connectivity index (χ2n) is 8.45. The van der Waals surface area contributed by atoms with Crippen molar-refractivity contribution in [1.29, 1.82) is 0 Å². The lowest BCUT2D eigenvalue weighted by molar-refractivity contribution is -0.0259. The Kier molecular flexibility index (Phi) is 5.49. The standard InChI is InChI=1S/C24H29ClOS/c1-19-10-14-22(15-11-19)27(26)24(25)18-21(23(24)16-6-3-7-17-23)13-12-20-8-4-2-5-9-20/h2,4-5,8-11,14-15,21H,3,6-7,12-13,16-18H2,1H3/t21-,24?,27?/m0/s1. The maximum atomic E-state index is 13.5. The second-order valence-corrected chi connectivity index (χ2v) is 11.0. The molecule has 2 fully saturated rings. The van der Waals surface area contributed by atoms with Crippen molar-refractivity contribution in [3.63, 3.8) is 0 Å². The Morgan fingerprint density at radius 2 is 1.67 bits per heavy atom. The van der Waals surface area contributed by atoms with Crippen molar-refractivity contribution in [1.82, 2.24) is 0 Å². The van der Waals surface area contributed by atoms with Crippen LogP contribution in [0.15, 0.2) is 59.5 Å². The average molecular weight is 401 g/mol. The summed E-state index contributed by atoms with van der Waals surface area (Å²) in [5.74, 6) is 0.588. The molecule has 3 heteroatoms. The van der Waals surface area contributed by atoms with Crippen LogP contribution in [0, 0.1) is 18.3 Å². The van der Waals surface area contributed by atoms with Gasteiger partial charge in [0.25, 0.3) is 0 Å². The smallest absolute Gasteiger partial charge is 0.130 e. The molecule has 0 amide bonds. The monoisotopic (exact) mass is 400 g/mol. The van der Waals surface area contributed by atoms with Gasteiger partial charge in [-0.3, -0.25) is 4.21 Å². The summed E-state index contributed by atoms with van der Waals surface area (Å²) in [5.41, 5.74) is 2.63. The van der Waals surface area contributed by atoms with E-state index in [0.29, 0.717) is 5.92 Å². The first kappa shape index (κ1) is 19.2. The van der Waals surface area contributed by atoms with Crippen molar-refractivity contribution in [2.45, 2.75) is 67.4 Å². The van der Waals surface area contributed by atoms with Crippen molar-refractivity contribution in [2.75, 3.05) is 0 Å². The normalized spacial score (nSPS) is 27.9. The van der Waals surface area contributed by atoms with Crippen LogP contribution in [0.4, 0.5) is 0 Å². The van der Waals surface area contributed by atoms with Crippen LogP contribution in [0.25, 0.3) is 0 Å². The quantitative estimate of drug-likeness (QED) is 0.514. The second kappa shape index (κ2) is 7.72. The number of halogens is 1. The molecule has 0 radical (unpaired) electrons. The molecule has 4 rings (SSSR count). The van der Waals surface area contributed by atoms with Crippen molar-refractivity contribution in [2.24, 2.45) is 11.3 Å². The van der Waals surface area contributed by atoms with Crippen LogP contribution in [-0.4, -0.2) is 8.42 Å². The average Bonchev–Trinajstić information content (AvgIpc) is 2.72. The van der Waals surface area contributed by atoms with Crippen LogP contribution < -0.4 is 0 Å². The Labute approximate surface area is 171 Å². The van der Waals surface area contributed by atoms with E-state index >= 15 is 0 Å². The van der Waals surface area contributed by atoms with Crippen molar-refractivity contribution >= 4 is 22.4 Å². The highest BCUT2D eigenvalue weighted by atomic mass is 35.5. The van der Waals surface area contributed by atoms with E-state index in [1.165, 1.54) is 30.4 Å². The van der Waals surface area contributed by atoms with Crippen LogP contribution in [0.2, 0.25) is 0 Å². The molecule has 2 aliphatic carbocycles. The van der Waals surface area contributed by atoms with Crippen molar-refractivity contribution in [3.05, 3.63) is 65.7 Å². The van der Waals surface area contributed by atoms with Gasteiger partial charge in [-0.05, 0) is 62.6 Å². The van der Waals surface area contributed by atoms with Gasteiger partial charge in [-0.25, -0.2) is 0 Å². The summed E-state index contributed by atoms with van der Waals surface area (Å²) in [4.78, 5) is 0.891. The molecule has 0 saturated heterocycles. The summed E-state index contributed by atoms with van der Waals surface area (Å²) in [6.07, 6.45) is 9.13. The molecule has 3 atom stereocenters. The molecular formula is C24H29ClOS. The molecule has 0 bridgehead atoms. The van der Waals surface area contributed by atoms with Crippen LogP contribution in [-0.2, 0) is 17.2 Å². The molecule has 2 unspecified atom stereocenters. The van der Waals surface area contributed by atoms with Crippen LogP contribution in [0.3, 0.4) is 0 Å². The van der Waals surface area contributed by atoms with Gasteiger partial charge in [0, 0.05) is 10.3 Å². The Balaban J connectivity index is 1.56. The zero-order valence-electron chi connectivity index (χ0n) is 16.1. The lowest BCUT2D eigenvalue weighted by Crippen LogP contribution is -2.63. The first-order valence-electron chi connectivity index (χ1n) is 10.3. The molecule has 0 heterocycles. The lowest BCUT2D eigenvalue weighted by atomic mass is 9.52. The number of benzene rings is 2. The highest BCUT2D eigenvalue weighted by Gasteiger charge is 2.66. The zero-order valence-corrected chi connectivity index (χ0v) is 17.7. The summed E-state index contributed by atoms with van der Waals surface area (Å²) < 4.78 is 12.9. The molecular weight excluding hydrogens is 372 g/mol. The van der Waals surface area contributed by atoms with E-state index in [1.807, 2.05) is 24.3 Å². The minimum atomic E-state index is -1.16. The molecule has 2 aliphatic rings. The highest BCUT2D eigenvalue weighted by Crippen LogP contribution is 2.68. The number of aryl methyl sites for hydroxylation is 2. The molecule has 0 aliphatic heterocycles. The van der Waals surface area contributed by atoms with E-state index in [0.717, 1.165) is 37.0 Å². The predicted octanol–water partition coefficient (Wildman–Crippen LogP) is 6.64. The fourth-order valence-corrected chi connectivity index (χ4v) is 7.97. The first-order valence-corrected chi connectivity index (χ1v) is 11.8. The van der Waals surface area contributed by atoms with Gasteiger partial charge in [-0.1, -0.05) is 67.3 Å². The molecule has 1 nitrogen and oxygen atoms in total. The summed E-state index contributed by atoms with van der Waals surface area (Å²) in [7, 11) is -1.16. The van der Waals surface area contributed by atoms with Gasteiger partial charge in [0.15, 0.2) is 0 Å². The number of rotatable bonds is 5. The maximum Gasteiger partial charge on any atom is 0.130 e. The predicted molar refractivity (Wildman–Crippen MR) is 115 cm³/mol. The molecule has 2 saturated carbocycles. The lowest BCUT2D eigenvalue weighted by Gasteiger charge is -2.62. The minimum absolute atomic E-state index is 0.0390. The Morgan fingerprint density at radius 3 is 2.33 bits per heavy atom. The summed E-state index contributed by atoms with van der Waals surface area (Å²) in [5, 5.41) is 0. The number of hydrogen-bond donors (Lipinski definition) is 0. The van der Waals surface area contributed by atoms with Gasteiger partial charge < -0.3 is 0 Å². The molecule has 144 valence electrons. The van der Waals surface area contributed by atoms with Gasteiger partial charge in [-0.2, -0.15) is 0 Å². The van der Waals surface area contributed by atoms with Crippen molar-refractivity contribution in [3.8, 4) is 0 Å². The Morgan fingerprint density at radius 1 is 1.00 bits per heavy atom. The fraction of sp³-hybridized carbons (Fsp3) is 0.500. The van der Waals surface area contributed by atoms with Crippen LogP contribution >= 0.6 is 11.6 Å². The topological polar surface area (TPSA) is 17.1 Å². The molecule has 0 aromatic heterocycles. The molecule has 2 aromatic rings. The molecule has 27 heavy (non-hydrogen) atoms. The molecule has 0 N–H and O–H groups in total. The van der Waals surface area contributed by atoms with E-state index in [-0.39, 0.29) is 5.41 Å². The summed E-state index contributed by atoms with van der Waals surface area (Å²) in [6, 6.07) is 18.8.